The molecule has 2 saturated carbocycles. The van der Waals surface area contributed by atoms with Gasteiger partial charge in [0.1, 0.15) is 0 Å². The molecule has 2 fully saturated rings. The summed E-state index contributed by atoms with van der Waals surface area (Å²) >= 11 is 0. The van der Waals surface area contributed by atoms with Gasteiger partial charge < -0.3 is 10.2 Å². The molecule has 0 aromatic heterocycles. The second kappa shape index (κ2) is 5.53. The number of aliphatic hydroxyl groups is 2. The van der Waals surface area contributed by atoms with Crippen LogP contribution in [0.3, 0.4) is 0 Å². The maximum Gasteiger partial charge on any atom is 0.0573 e. The molecule has 0 amide bonds. The number of rotatable bonds is 2. The summed E-state index contributed by atoms with van der Waals surface area (Å²) in [6.07, 6.45) is 5.65. The van der Waals surface area contributed by atoms with E-state index in [9.17, 15) is 10.2 Å². The molecule has 1 radical (unpaired) electrons. The van der Waals surface area contributed by atoms with Crippen LogP contribution in [0, 0.1) is 23.2 Å². The zero-order valence-corrected chi connectivity index (χ0v) is 13.6. The summed E-state index contributed by atoms with van der Waals surface area (Å²) in [6, 6.07) is 0. The minimum atomic E-state index is -0.0837. The fourth-order valence-corrected chi connectivity index (χ4v) is 4.25. The van der Waals surface area contributed by atoms with E-state index < -0.39 is 0 Å². The molecule has 0 aromatic rings. The van der Waals surface area contributed by atoms with E-state index in [-0.39, 0.29) is 28.5 Å². The van der Waals surface area contributed by atoms with E-state index in [0.717, 1.165) is 19.3 Å². The molecule has 2 N–H and O–H groups in total. The average molecular weight is 393 g/mol. The number of hydrogen-bond donors (Lipinski definition) is 2. The zero-order chi connectivity index (χ0) is 11.1. The van der Waals surface area contributed by atoms with Crippen LogP contribution in [0.5, 0.6) is 0 Å². The van der Waals surface area contributed by atoms with Crippen LogP contribution in [0.1, 0.15) is 46.0 Å². The summed E-state index contributed by atoms with van der Waals surface area (Å²) in [5.41, 5.74) is 0.291. The fraction of sp³-hybridized carbons (Fsp3) is 1.00. The van der Waals surface area contributed by atoms with Crippen molar-refractivity contribution in [2.75, 3.05) is 6.61 Å². The van der Waals surface area contributed by atoms with Crippen molar-refractivity contribution in [3.63, 3.8) is 0 Å². The van der Waals surface area contributed by atoms with Crippen molar-refractivity contribution >= 4 is 0 Å². The molecule has 0 spiro atoms. The molecule has 1 unspecified atom stereocenters. The molecular formula is C13H24O2Ta. The normalized spacial score (nSPS) is 44.6. The van der Waals surface area contributed by atoms with Crippen LogP contribution in [-0.2, 0) is 22.4 Å². The van der Waals surface area contributed by atoms with Crippen molar-refractivity contribution in [2.45, 2.75) is 52.1 Å². The van der Waals surface area contributed by atoms with Gasteiger partial charge in [-0.2, -0.15) is 0 Å². The SMILES string of the molecule is C[C@H](CO)[C@H]1CCC2[C@@H](O)CCC[C@@]21C.[Ta]. The third kappa shape index (κ3) is 2.28. The van der Waals surface area contributed by atoms with Gasteiger partial charge in [-0.05, 0) is 48.9 Å². The summed E-state index contributed by atoms with van der Waals surface area (Å²) in [5.74, 6) is 1.50. The van der Waals surface area contributed by atoms with E-state index in [0.29, 0.717) is 29.8 Å². The summed E-state index contributed by atoms with van der Waals surface area (Å²) in [4.78, 5) is 0. The van der Waals surface area contributed by atoms with Crippen LogP contribution >= 0.6 is 0 Å². The second-order valence-electron chi connectivity index (χ2n) is 5.92. The van der Waals surface area contributed by atoms with Crippen LogP contribution in [-0.4, -0.2) is 22.9 Å². The molecule has 93 valence electrons. The van der Waals surface area contributed by atoms with Crippen molar-refractivity contribution in [3.8, 4) is 0 Å². The minimum Gasteiger partial charge on any atom is -0.396 e. The fourth-order valence-electron chi connectivity index (χ4n) is 4.25. The predicted octanol–water partition coefficient (Wildman–Crippen LogP) is 2.19. The van der Waals surface area contributed by atoms with E-state index in [2.05, 4.69) is 13.8 Å². The second-order valence-corrected chi connectivity index (χ2v) is 5.92. The molecule has 2 rings (SSSR count). The van der Waals surface area contributed by atoms with Gasteiger partial charge in [0.2, 0.25) is 0 Å². The third-order valence-electron chi connectivity index (χ3n) is 5.14. The summed E-state index contributed by atoms with van der Waals surface area (Å²) < 4.78 is 0. The molecule has 0 saturated heterocycles. The Morgan fingerprint density at radius 1 is 1.31 bits per heavy atom. The molecule has 2 aliphatic carbocycles. The van der Waals surface area contributed by atoms with Crippen LogP contribution < -0.4 is 0 Å². The predicted molar refractivity (Wildman–Crippen MR) is 60.4 cm³/mol. The summed E-state index contributed by atoms with van der Waals surface area (Å²) in [5, 5.41) is 19.4. The third-order valence-corrected chi connectivity index (χ3v) is 5.14. The van der Waals surface area contributed by atoms with Crippen LogP contribution in [0.2, 0.25) is 0 Å². The molecule has 0 aliphatic heterocycles. The molecule has 5 atom stereocenters. The first-order valence-electron chi connectivity index (χ1n) is 6.38. The monoisotopic (exact) mass is 393 g/mol. The van der Waals surface area contributed by atoms with E-state index in [1.807, 2.05) is 0 Å². The summed E-state index contributed by atoms with van der Waals surface area (Å²) in [7, 11) is 0. The van der Waals surface area contributed by atoms with Crippen molar-refractivity contribution in [1.82, 2.24) is 0 Å². The van der Waals surface area contributed by atoms with Gasteiger partial charge in [-0.25, -0.2) is 0 Å². The maximum atomic E-state index is 10.1. The topological polar surface area (TPSA) is 40.5 Å². The van der Waals surface area contributed by atoms with E-state index in [4.69, 9.17) is 0 Å². The van der Waals surface area contributed by atoms with Gasteiger partial charge in [0.25, 0.3) is 0 Å². The molecule has 0 heterocycles. The average Bonchev–Trinajstić information content (AvgIpc) is 2.56. The van der Waals surface area contributed by atoms with E-state index in [1.54, 1.807) is 0 Å². The Bertz CT molecular complexity index is 234. The van der Waals surface area contributed by atoms with Gasteiger partial charge in [-0.15, -0.1) is 0 Å². The first-order chi connectivity index (χ1) is 7.09. The first-order valence-corrected chi connectivity index (χ1v) is 6.38. The quantitative estimate of drug-likeness (QED) is 0.755. The molecular weight excluding hydrogens is 369 g/mol. The van der Waals surface area contributed by atoms with Gasteiger partial charge in [-0.1, -0.05) is 20.3 Å². The standard InChI is InChI=1S/C13H24O2.Ta/c1-9(8-14)10-5-6-11-12(15)4-3-7-13(10,11)2;/h9-12,14-15H,3-8H2,1-2H3;/t9-,10-,11?,12+,13-;/m1./s1. The van der Waals surface area contributed by atoms with Crippen molar-refractivity contribution in [2.24, 2.45) is 23.2 Å². The molecule has 2 nitrogen and oxygen atoms in total. The Morgan fingerprint density at radius 2 is 2.00 bits per heavy atom. The molecule has 2 aliphatic rings. The molecule has 16 heavy (non-hydrogen) atoms. The van der Waals surface area contributed by atoms with Gasteiger partial charge >= 0.3 is 0 Å². The van der Waals surface area contributed by atoms with Crippen LogP contribution in [0.15, 0.2) is 0 Å². The Balaban J connectivity index is 0.00000128. The smallest absolute Gasteiger partial charge is 0.0573 e. The molecule has 0 bridgehead atoms. The van der Waals surface area contributed by atoms with Gasteiger partial charge in [0.15, 0.2) is 0 Å². The summed E-state index contributed by atoms with van der Waals surface area (Å²) in [6.45, 7) is 4.78. The number of aliphatic hydroxyl groups excluding tert-OH is 2. The molecule has 3 heteroatoms. The van der Waals surface area contributed by atoms with Gasteiger partial charge in [0, 0.05) is 29.0 Å². The Labute approximate surface area is 114 Å². The van der Waals surface area contributed by atoms with Gasteiger partial charge in [-0.3, -0.25) is 0 Å². The largest absolute Gasteiger partial charge is 0.396 e. The Kier molecular flexibility index (Phi) is 5.09. The van der Waals surface area contributed by atoms with Crippen LogP contribution in [0.25, 0.3) is 0 Å². The van der Waals surface area contributed by atoms with Crippen molar-refractivity contribution < 1.29 is 32.6 Å². The maximum absolute atomic E-state index is 10.1. The number of fused-ring (bicyclic) bond motifs is 1. The molecule has 0 aromatic carbocycles. The Hall–Kier alpha value is 0.660. The zero-order valence-electron chi connectivity index (χ0n) is 10.4. The first kappa shape index (κ1) is 14.7. The minimum absolute atomic E-state index is 0. The van der Waals surface area contributed by atoms with E-state index in [1.165, 1.54) is 12.8 Å². The number of hydrogen-bond acceptors (Lipinski definition) is 2. The van der Waals surface area contributed by atoms with E-state index >= 15 is 0 Å². The van der Waals surface area contributed by atoms with Crippen molar-refractivity contribution in [3.05, 3.63) is 0 Å². The Morgan fingerprint density at radius 3 is 2.62 bits per heavy atom. The van der Waals surface area contributed by atoms with Crippen molar-refractivity contribution in [1.29, 1.82) is 0 Å². The van der Waals surface area contributed by atoms with Crippen LogP contribution in [0.4, 0.5) is 0 Å². The van der Waals surface area contributed by atoms with Gasteiger partial charge in [0.05, 0.1) is 6.10 Å².